The maximum absolute atomic E-state index is 12.4. The van der Waals surface area contributed by atoms with Crippen molar-refractivity contribution < 1.29 is 14.3 Å². The summed E-state index contributed by atoms with van der Waals surface area (Å²) in [6.45, 7) is 3.71. The van der Waals surface area contributed by atoms with Crippen molar-refractivity contribution in [2.24, 2.45) is 0 Å². The Kier molecular flexibility index (Phi) is 5.54. The lowest BCUT2D eigenvalue weighted by Crippen LogP contribution is -2.30. The minimum absolute atomic E-state index is 0.219. The topological polar surface area (TPSA) is 47.6 Å². The zero-order chi connectivity index (χ0) is 18.4. The minimum Gasteiger partial charge on any atom is -0.481 e. The summed E-state index contributed by atoms with van der Waals surface area (Å²) in [6.07, 6.45) is -0.615. The summed E-state index contributed by atoms with van der Waals surface area (Å²) in [5.41, 5.74) is 1.74. The van der Waals surface area contributed by atoms with Gasteiger partial charge in [0.05, 0.1) is 0 Å². The van der Waals surface area contributed by atoms with Crippen molar-refractivity contribution in [3.8, 4) is 17.2 Å². The lowest BCUT2D eigenvalue weighted by Gasteiger charge is -2.15. The second-order valence-corrected chi connectivity index (χ2v) is 6.01. The van der Waals surface area contributed by atoms with Gasteiger partial charge in [0, 0.05) is 11.8 Å². The zero-order valence-electron chi connectivity index (χ0n) is 14.8. The van der Waals surface area contributed by atoms with Gasteiger partial charge in [0.25, 0.3) is 5.91 Å². The van der Waals surface area contributed by atoms with E-state index < -0.39 is 6.10 Å². The van der Waals surface area contributed by atoms with Crippen LogP contribution in [0.15, 0.2) is 78.9 Å². The molecule has 1 N–H and O–H groups in total. The number of anilines is 1. The molecule has 0 aliphatic rings. The van der Waals surface area contributed by atoms with Crippen molar-refractivity contribution in [3.63, 3.8) is 0 Å². The molecule has 0 fully saturated rings. The fourth-order valence-corrected chi connectivity index (χ4v) is 2.45. The standard InChI is InChI=1S/C22H21NO3/c1-16-8-6-12-20(14-16)25-17(2)22(24)23-18-9-7-13-21(15-18)26-19-10-4-3-5-11-19/h3-15,17H,1-2H3,(H,23,24). The smallest absolute Gasteiger partial charge is 0.265 e. The van der Waals surface area contributed by atoms with Gasteiger partial charge in [-0.15, -0.1) is 0 Å². The van der Waals surface area contributed by atoms with Gasteiger partial charge in [0.2, 0.25) is 0 Å². The number of para-hydroxylation sites is 1. The molecule has 0 bridgehead atoms. The van der Waals surface area contributed by atoms with E-state index >= 15 is 0 Å². The third-order valence-electron chi connectivity index (χ3n) is 3.75. The van der Waals surface area contributed by atoms with Gasteiger partial charge in [-0.1, -0.05) is 36.4 Å². The molecule has 1 unspecified atom stereocenters. The molecular formula is C22H21NO3. The van der Waals surface area contributed by atoms with E-state index in [-0.39, 0.29) is 5.91 Å². The molecule has 0 aromatic heterocycles. The van der Waals surface area contributed by atoms with Crippen LogP contribution in [0.25, 0.3) is 0 Å². The number of benzene rings is 3. The molecule has 3 rings (SSSR count). The van der Waals surface area contributed by atoms with Crippen LogP contribution in [0.1, 0.15) is 12.5 Å². The van der Waals surface area contributed by atoms with E-state index in [4.69, 9.17) is 9.47 Å². The molecule has 132 valence electrons. The first-order valence-corrected chi connectivity index (χ1v) is 8.47. The Labute approximate surface area is 153 Å². The molecule has 0 saturated carbocycles. The highest BCUT2D eigenvalue weighted by atomic mass is 16.5. The molecule has 0 aliphatic carbocycles. The highest BCUT2D eigenvalue weighted by Crippen LogP contribution is 2.24. The minimum atomic E-state index is -0.615. The number of rotatable bonds is 6. The Balaban J connectivity index is 1.62. The van der Waals surface area contributed by atoms with Crippen LogP contribution >= 0.6 is 0 Å². The number of amides is 1. The zero-order valence-corrected chi connectivity index (χ0v) is 14.8. The van der Waals surface area contributed by atoms with E-state index in [1.807, 2.05) is 79.7 Å². The molecule has 26 heavy (non-hydrogen) atoms. The number of nitrogens with one attached hydrogen (secondary N) is 1. The molecule has 3 aromatic carbocycles. The third-order valence-corrected chi connectivity index (χ3v) is 3.75. The molecule has 0 heterocycles. The van der Waals surface area contributed by atoms with E-state index in [9.17, 15) is 4.79 Å². The number of hydrogen-bond donors (Lipinski definition) is 1. The predicted octanol–water partition coefficient (Wildman–Crippen LogP) is 5.19. The molecular weight excluding hydrogens is 326 g/mol. The first-order valence-electron chi connectivity index (χ1n) is 8.47. The average molecular weight is 347 g/mol. The third kappa shape index (κ3) is 4.86. The van der Waals surface area contributed by atoms with E-state index in [0.29, 0.717) is 17.2 Å². The molecule has 0 saturated heterocycles. The van der Waals surface area contributed by atoms with Crippen LogP contribution < -0.4 is 14.8 Å². The molecule has 3 aromatic rings. The van der Waals surface area contributed by atoms with Gasteiger partial charge < -0.3 is 14.8 Å². The Hall–Kier alpha value is -3.27. The fourth-order valence-electron chi connectivity index (χ4n) is 2.45. The Bertz CT molecular complexity index is 877. The predicted molar refractivity (Wildman–Crippen MR) is 103 cm³/mol. The van der Waals surface area contributed by atoms with Gasteiger partial charge in [0.15, 0.2) is 6.10 Å². The van der Waals surface area contributed by atoms with Crippen molar-refractivity contribution in [1.82, 2.24) is 0 Å². The van der Waals surface area contributed by atoms with Gasteiger partial charge in [-0.05, 0) is 55.8 Å². The lowest BCUT2D eigenvalue weighted by molar-refractivity contribution is -0.122. The number of carbonyl (C=O) groups is 1. The summed E-state index contributed by atoms with van der Waals surface area (Å²) >= 11 is 0. The van der Waals surface area contributed by atoms with Crippen molar-refractivity contribution in [2.75, 3.05) is 5.32 Å². The van der Waals surface area contributed by atoms with E-state index in [1.165, 1.54) is 0 Å². The lowest BCUT2D eigenvalue weighted by atomic mass is 10.2. The summed E-state index contributed by atoms with van der Waals surface area (Å²) in [5.74, 6) is 1.85. The highest BCUT2D eigenvalue weighted by Gasteiger charge is 2.15. The average Bonchev–Trinajstić information content (AvgIpc) is 2.63. The van der Waals surface area contributed by atoms with Gasteiger partial charge in [-0.25, -0.2) is 0 Å². The van der Waals surface area contributed by atoms with Crippen LogP contribution in [0.5, 0.6) is 17.2 Å². The molecule has 4 heteroatoms. The number of ether oxygens (including phenoxy) is 2. The van der Waals surface area contributed by atoms with Crippen LogP contribution in [0.3, 0.4) is 0 Å². The summed E-state index contributed by atoms with van der Waals surface area (Å²) in [4.78, 5) is 12.4. The molecule has 1 amide bonds. The van der Waals surface area contributed by atoms with Gasteiger partial charge in [-0.3, -0.25) is 4.79 Å². The molecule has 0 aliphatic heterocycles. The van der Waals surface area contributed by atoms with Crippen LogP contribution in [-0.4, -0.2) is 12.0 Å². The molecule has 0 radical (unpaired) electrons. The van der Waals surface area contributed by atoms with Crippen LogP contribution in [-0.2, 0) is 4.79 Å². The van der Waals surface area contributed by atoms with Crippen LogP contribution in [0, 0.1) is 6.92 Å². The van der Waals surface area contributed by atoms with Gasteiger partial charge >= 0.3 is 0 Å². The second kappa shape index (κ2) is 8.21. The van der Waals surface area contributed by atoms with Crippen molar-refractivity contribution in [3.05, 3.63) is 84.4 Å². The monoisotopic (exact) mass is 347 g/mol. The van der Waals surface area contributed by atoms with E-state index in [1.54, 1.807) is 13.0 Å². The second-order valence-electron chi connectivity index (χ2n) is 6.01. The Morgan fingerprint density at radius 3 is 2.31 bits per heavy atom. The largest absolute Gasteiger partial charge is 0.481 e. The first-order chi connectivity index (χ1) is 12.6. The number of hydrogen-bond acceptors (Lipinski definition) is 3. The van der Waals surface area contributed by atoms with Crippen molar-refractivity contribution >= 4 is 11.6 Å². The van der Waals surface area contributed by atoms with E-state index in [0.717, 1.165) is 11.3 Å². The first kappa shape index (κ1) is 17.5. The summed E-state index contributed by atoms with van der Waals surface area (Å²) in [7, 11) is 0. The maximum Gasteiger partial charge on any atom is 0.265 e. The highest BCUT2D eigenvalue weighted by molar-refractivity contribution is 5.94. The Morgan fingerprint density at radius 2 is 1.54 bits per heavy atom. The Morgan fingerprint density at radius 1 is 0.846 bits per heavy atom. The quantitative estimate of drug-likeness (QED) is 0.667. The maximum atomic E-state index is 12.4. The van der Waals surface area contributed by atoms with Crippen LogP contribution in [0.2, 0.25) is 0 Å². The summed E-state index contributed by atoms with van der Waals surface area (Å²) in [5, 5.41) is 2.86. The SMILES string of the molecule is Cc1cccc(OC(C)C(=O)Nc2cccc(Oc3ccccc3)c2)c1. The number of aryl methyl sites for hydroxylation is 1. The summed E-state index contributed by atoms with van der Waals surface area (Å²) in [6, 6.07) is 24.4. The van der Waals surface area contributed by atoms with Gasteiger partial charge in [-0.2, -0.15) is 0 Å². The van der Waals surface area contributed by atoms with Crippen molar-refractivity contribution in [1.29, 1.82) is 0 Å². The van der Waals surface area contributed by atoms with Gasteiger partial charge in [0.1, 0.15) is 17.2 Å². The molecule has 0 spiro atoms. The molecule has 4 nitrogen and oxygen atoms in total. The van der Waals surface area contributed by atoms with Crippen LogP contribution in [0.4, 0.5) is 5.69 Å². The summed E-state index contributed by atoms with van der Waals surface area (Å²) < 4.78 is 11.5. The van der Waals surface area contributed by atoms with E-state index in [2.05, 4.69) is 5.32 Å². The van der Waals surface area contributed by atoms with Crippen molar-refractivity contribution in [2.45, 2.75) is 20.0 Å². The molecule has 1 atom stereocenters. The normalized spacial score (nSPS) is 11.5. The number of carbonyl (C=O) groups excluding carboxylic acids is 1. The fraction of sp³-hybridized carbons (Fsp3) is 0.136.